The number of carbonyl (C=O) groups is 1. The van der Waals surface area contributed by atoms with E-state index in [2.05, 4.69) is 52.0 Å². The molecule has 0 aliphatic carbocycles. The lowest BCUT2D eigenvalue weighted by Crippen LogP contribution is -2.23. The number of halogens is 1. The third-order valence-corrected chi connectivity index (χ3v) is 4.40. The number of rotatable bonds is 4. The molecule has 0 aliphatic rings. The smallest absolute Gasteiger partial charge is 0.262 e. The minimum Gasteiger partial charge on any atom is -0.467 e. The summed E-state index contributed by atoms with van der Waals surface area (Å²) < 4.78 is 6.55. The first-order valence-electron chi connectivity index (χ1n) is 8.27. The molecule has 1 aromatic heterocycles. The molecule has 0 saturated carbocycles. The van der Waals surface area contributed by atoms with Crippen molar-refractivity contribution in [2.75, 3.05) is 11.9 Å². The van der Waals surface area contributed by atoms with E-state index in [9.17, 15) is 4.79 Å². The van der Waals surface area contributed by atoms with Crippen molar-refractivity contribution in [3.8, 4) is 5.88 Å². The van der Waals surface area contributed by atoms with Gasteiger partial charge in [-0.3, -0.25) is 4.79 Å². The summed E-state index contributed by atoms with van der Waals surface area (Å²) in [5.74, 6) is 0.152. The zero-order valence-electron chi connectivity index (χ0n) is 14.9. The molecule has 2 aromatic carbocycles. The Balaban J connectivity index is 1.74. The zero-order valence-corrected chi connectivity index (χ0v) is 16.5. The molecule has 1 amide bonds. The van der Waals surface area contributed by atoms with Crippen LogP contribution < -0.4 is 10.1 Å². The number of aromatic nitrogens is 2. The van der Waals surface area contributed by atoms with Gasteiger partial charge in [-0.1, -0.05) is 54.9 Å². The molecule has 6 heteroatoms. The quantitative estimate of drug-likeness (QED) is 0.672. The van der Waals surface area contributed by atoms with Gasteiger partial charge in [0.15, 0.2) is 6.61 Å². The minimum atomic E-state index is -0.233. The number of fused-ring (bicyclic) bond motifs is 1. The Labute approximate surface area is 160 Å². The largest absolute Gasteiger partial charge is 0.467 e. The van der Waals surface area contributed by atoms with E-state index in [1.807, 2.05) is 42.5 Å². The van der Waals surface area contributed by atoms with Gasteiger partial charge in [-0.15, -0.1) is 0 Å². The fourth-order valence-electron chi connectivity index (χ4n) is 2.69. The van der Waals surface area contributed by atoms with Crippen LogP contribution in [0.15, 0.2) is 53.3 Å². The molecule has 0 radical (unpaired) electrons. The van der Waals surface area contributed by atoms with Crippen LogP contribution in [0, 0.1) is 0 Å². The average Bonchev–Trinajstić information content (AvgIpc) is 2.59. The highest BCUT2D eigenvalue weighted by Crippen LogP contribution is 2.29. The monoisotopic (exact) mass is 413 g/mol. The Morgan fingerprint density at radius 1 is 1.15 bits per heavy atom. The van der Waals surface area contributed by atoms with Gasteiger partial charge in [-0.05, 0) is 35.2 Å². The highest BCUT2D eigenvalue weighted by molar-refractivity contribution is 9.10. The molecule has 0 spiro atoms. The van der Waals surface area contributed by atoms with Crippen LogP contribution in [0.25, 0.3) is 10.9 Å². The molecule has 0 fully saturated rings. The first-order chi connectivity index (χ1) is 12.3. The molecular weight excluding hydrogens is 394 g/mol. The van der Waals surface area contributed by atoms with Gasteiger partial charge < -0.3 is 10.1 Å². The van der Waals surface area contributed by atoms with Gasteiger partial charge in [0.25, 0.3) is 5.91 Å². The fourth-order valence-corrected chi connectivity index (χ4v) is 3.05. The lowest BCUT2D eigenvalue weighted by molar-refractivity contribution is -0.118. The van der Waals surface area contributed by atoms with Crippen LogP contribution in [0.5, 0.6) is 5.88 Å². The maximum atomic E-state index is 12.4. The number of nitrogens with one attached hydrogen (secondary N) is 1. The number of carbonyl (C=O) groups excluding carboxylic acids is 1. The third kappa shape index (κ3) is 4.19. The molecule has 26 heavy (non-hydrogen) atoms. The second kappa shape index (κ2) is 7.41. The van der Waals surface area contributed by atoms with Crippen molar-refractivity contribution >= 4 is 38.4 Å². The van der Waals surface area contributed by atoms with Crippen LogP contribution in [0.1, 0.15) is 26.3 Å². The van der Waals surface area contributed by atoms with E-state index in [-0.39, 0.29) is 17.9 Å². The molecule has 1 N–H and O–H groups in total. The van der Waals surface area contributed by atoms with E-state index >= 15 is 0 Å². The van der Waals surface area contributed by atoms with Crippen LogP contribution in [-0.2, 0) is 10.2 Å². The number of ether oxygens (including phenoxy) is 1. The molecule has 0 atom stereocenters. The number of nitrogens with zero attached hydrogens (tertiary/aromatic N) is 2. The summed E-state index contributed by atoms with van der Waals surface area (Å²) in [7, 11) is 0. The van der Waals surface area contributed by atoms with Crippen molar-refractivity contribution in [3.05, 3.63) is 58.8 Å². The van der Waals surface area contributed by atoms with Crippen molar-refractivity contribution in [2.45, 2.75) is 26.2 Å². The van der Waals surface area contributed by atoms with Crippen molar-refractivity contribution in [3.63, 3.8) is 0 Å². The zero-order chi connectivity index (χ0) is 18.7. The van der Waals surface area contributed by atoms with E-state index < -0.39 is 0 Å². The van der Waals surface area contributed by atoms with E-state index in [0.29, 0.717) is 5.88 Å². The van der Waals surface area contributed by atoms with Crippen LogP contribution >= 0.6 is 15.9 Å². The Bertz CT molecular complexity index is 951. The second-order valence-electron chi connectivity index (χ2n) is 6.97. The molecule has 0 bridgehead atoms. The predicted molar refractivity (Wildman–Crippen MR) is 107 cm³/mol. The predicted octanol–water partition coefficient (Wildman–Crippen LogP) is 4.71. The summed E-state index contributed by atoms with van der Waals surface area (Å²) in [6.45, 7) is 6.20. The normalized spacial score (nSPS) is 11.4. The first-order valence-corrected chi connectivity index (χ1v) is 9.06. The summed E-state index contributed by atoms with van der Waals surface area (Å²) in [5, 5.41) is 3.68. The second-order valence-corrected chi connectivity index (χ2v) is 7.89. The molecular formula is C20H20BrN3O2. The Hall–Kier alpha value is -2.47. The van der Waals surface area contributed by atoms with E-state index in [4.69, 9.17) is 4.74 Å². The number of hydrogen-bond acceptors (Lipinski definition) is 4. The van der Waals surface area contributed by atoms with Gasteiger partial charge in [0, 0.05) is 10.2 Å². The van der Waals surface area contributed by atoms with Crippen LogP contribution in [0.4, 0.5) is 5.69 Å². The lowest BCUT2D eigenvalue weighted by Gasteiger charge is -2.23. The molecule has 3 aromatic rings. The van der Waals surface area contributed by atoms with Gasteiger partial charge in [-0.25, -0.2) is 9.97 Å². The van der Waals surface area contributed by atoms with Crippen LogP contribution in [0.3, 0.4) is 0 Å². The van der Waals surface area contributed by atoms with Crippen LogP contribution in [-0.4, -0.2) is 22.5 Å². The summed E-state index contributed by atoms with van der Waals surface area (Å²) in [6.07, 6.45) is 1.43. The van der Waals surface area contributed by atoms with E-state index in [1.165, 1.54) is 6.33 Å². The molecule has 0 saturated heterocycles. The van der Waals surface area contributed by atoms with Gasteiger partial charge in [-0.2, -0.15) is 0 Å². The SMILES string of the molecule is CC(C)(C)c1ccccc1NC(=O)COc1ncnc2ccc(Br)cc12. The average molecular weight is 414 g/mol. The summed E-state index contributed by atoms with van der Waals surface area (Å²) in [4.78, 5) is 20.7. The number of amides is 1. The minimum absolute atomic E-state index is 0.0696. The number of para-hydroxylation sites is 1. The standard InChI is InChI=1S/C20H20BrN3O2/c1-20(2,3)15-6-4-5-7-17(15)24-18(25)11-26-19-14-10-13(21)8-9-16(14)22-12-23-19/h4-10,12H,11H2,1-3H3,(H,24,25). The van der Waals surface area contributed by atoms with Gasteiger partial charge >= 0.3 is 0 Å². The van der Waals surface area contributed by atoms with Gasteiger partial charge in [0.2, 0.25) is 5.88 Å². The topological polar surface area (TPSA) is 64.1 Å². The molecule has 1 heterocycles. The fraction of sp³-hybridized carbons (Fsp3) is 0.250. The van der Waals surface area contributed by atoms with Gasteiger partial charge in [0.05, 0.1) is 10.9 Å². The molecule has 5 nitrogen and oxygen atoms in total. The number of hydrogen-bond donors (Lipinski definition) is 1. The van der Waals surface area contributed by atoms with Crippen molar-refractivity contribution in [2.24, 2.45) is 0 Å². The summed E-state index contributed by atoms with van der Waals surface area (Å²) in [6, 6.07) is 13.4. The van der Waals surface area contributed by atoms with Crippen molar-refractivity contribution in [1.29, 1.82) is 0 Å². The first kappa shape index (κ1) is 18.3. The number of benzene rings is 2. The van der Waals surface area contributed by atoms with Gasteiger partial charge in [0.1, 0.15) is 6.33 Å². The Kier molecular flexibility index (Phi) is 5.23. The third-order valence-electron chi connectivity index (χ3n) is 3.91. The lowest BCUT2D eigenvalue weighted by atomic mass is 9.86. The van der Waals surface area contributed by atoms with E-state index in [0.717, 1.165) is 26.6 Å². The Morgan fingerprint density at radius 2 is 1.92 bits per heavy atom. The van der Waals surface area contributed by atoms with Crippen molar-refractivity contribution < 1.29 is 9.53 Å². The molecule has 3 rings (SSSR count). The maximum absolute atomic E-state index is 12.4. The highest BCUT2D eigenvalue weighted by atomic mass is 79.9. The highest BCUT2D eigenvalue weighted by Gasteiger charge is 2.18. The summed E-state index contributed by atoms with van der Waals surface area (Å²) in [5.41, 5.74) is 2.56. The molecule has 0 unspecified atom stereocenters. The maximum Gasteiger partial charge on any atom is 0.262 e. The summed E-state index contributed by atoms with van der Waals surface area (Å²) >= 11 is 3.43. The van der Waals surface area contributed by atoms with Crippen LogP contribution in [0.2, 0.25) is 0 Å². The number of anilines is 1. The molecule has 134 valence electrons. The van der Waals surface area contributed by atoms with E-state index in [1.54, 1.807) is 0 Å². The Morgan fingerprint density at radius 3 is 2.69 bits per heavy atom. The van der Waals surface area contributed by atoms with Crippen molar-refractivity contribution in [1.82, 2.24) is 9.97 Å². The molecule has 0 aliphatic heterocycles.